The van der Waals surface area contributed by atoms with Gasteiger partial charge in [0.25, 0.3) is 0 Å². The van der Waals surface area contributed by atoms with Gasteiger partial charge in [0.2, 0.25) is 0 Å². The number of hydrogen-bond acceptors (Lipinski definition) is 5. The van der Waals surface area contributed by atoms with Gasteiger partial charge in [0.05, 0.1) is 6.04 Å². The van der Waals surface area contributed by atoms with Gasteiger partial charge < -0.3 is 21.3 Å². The summed E-state index contributed by atoms with van der Waals surface area (Å²) >= 11 is 1.80. The van der Waals surface area contributed by atoms with Crippen molar-refractivity contribution in [1.29, 1.82) is 0 Å². The third-order valence-electron chi connectivity index (χ3n) is 3.34. The number of carbonyl (C=O) groups is 2. The summed E-state index contributed by atoms with van der Waals surface area (Å²) in [6.07, 6.45) is 1.12. The van der Waals surface area contributed by atoms with Crippen molar-refractivity contribution < 1.29 is 19.8 Å². The van der Waals surface area contributed by atoms with E-state index in [0.717, 1.165) is 0 Å². The summed E-state index contributed by atoms with van der Waals surface area (Å²) in [5.74, 6) is -2.51. The zero-order valence-electron chi connectivity index (χ0n) is 13.3. The topological polar surface area (TPSA) is 113 Å². The number of benzene rings is 2. The quantitative estimate of drug-likeness (QED) is 0.624. The molecule has 0 bridgehead atoms. The maximum absolute atomic E-state index is 9.55. The first-order valence-electron chi connectivity index (χ1n) is 7.47. The number of nitrogens with one attached hydrogen (secondary N) is 1. The van der Waals surface area contributed by atoms with Crippen LogP contribution in [0.4, 0.5) is 5.69 Å². The first kappa shape index (κ1) is 18.6. The van der Waals surface area contributed by atoms with Crippen LogP contribution in [0.1, 0.15) is 11.6 Å². The van der Waals surface area contributed by atoms with E-state index in [0.29, 0.717) is 18.7 Å². The number of aliphatic carboxylic acids is 2. The first-order chi connectivity index (χ1) is 12.0. The van der Waals surface area contributed by atoms with Gasteiger partial charge in [-0.25, -0.2) is 9.59 Å². The van der Waals surface area contributed by atoms with E-state index >= 15 is 0 Å². The Kier molecular flexibility index (Phi) is 6.62. The van der Waals surface area contributed by atoms with Crippen LogP contribution in [0.2, 0.25) is 0 Å². The number of rotatable bonds is 3. The minimum Gasteiger partial charge on any atom is -0.478 e. The lowest BCUT2D eigenvalue weighted by molar-refractivity contribution is -0.134. The molecule has 6 nitrogen and oxygen atoms in total. The Labute approximate surface area is 149 Å². The average Bonchev–Trinajstić information content (AvgIpc) is 2.76. The molecule has 0 aliphatic carbocycles. The van der Waals surface area contributed by atoms with Crippen LogP contribution in [0.15, 0.2) is 70.5 Å². The predicted octanol–water partition coefficient (Wildman–Crippen LogP) is 2.97. The Morgan fingerprint density at radius 1 is 1.00 bits per heavy atom. The Hall–Kier alpha value is -2.77. The molecule has 0 saturated carbocycles. The van der Waals surface area contributed by atoms with Gasteiger partial charge in [-0.3, -0.25) is 0 Å². The molecular weight excluding hydrogens is 340 g/mol. The number of fused-ring (bicyclic) bond motifs is 2. The maximum Gasteiger partial charge on any atom is 0.328 e. The molecule has 25 heavy (non-hydrogen) atoms. The van der Waals surface area contributed by atoms with E-state index in [1.54, 1.807) is 11.8 Å². The standard InChI is InChI=1S/C14H14N2S.C4H4O4/c15-9-12-10-5-1-3-7-13(10)17-14-8-4-2-6-11(14)16-12;5-3(6)1-2-4(7)8/h1-8,12,16H,9,15H2;1-2H,(H,5,6)(H,7,8). The third-order valence-corrected chi connectivity index (χ3v) is 4.50. The van der Waals surface area contributed by atoms with Gasteiger partial charge in [0.15, 0.2) is 0 Å². The molecule has 2 aromatic carbocycles. The predicted molar refractivity (Wildman–Crippen MR) is 96.8 cm³/mol. The number of nitrogens with two attached hydrogens (primary N) is 1. The van der Waals surface area contributed by atoms with Crippen molar-refractivity contribution in [3.8, 4) is 0 Å². The van der Waals surface area contributed by atoms with Crippen molar-refractivity contribution in [3.63, 3.8) is 0 Å². The van der Waals surface area contributed by atoms with E-state index in [9.17, 15) is 9.59 Å². The lowest BCUT2D eigenvalue weighted by Crippen LogP contribution is -2.20. The summed E-state index contributed by atoms with van der Waals surface area (Å²) in [6.45, 7) is 0.603. The normalized spacial score (nSPS) is 15.0. The van der Waals surface area contributed by atoms with E-state index in [1.165, 1.54) is 21.0 Å². The van der Waals surface area contributed by atoms with Gasteiger partial charge in [-0.1, -0.05) is 42.1 Å². The molecule has 5 N–H and O–H groups in total. The summed E-state index contributed by atoms with van der Waals surface area (Å²) in [4.78, 5) is 21.7. The lowest BCUT2D eigenvalue weighted by Gasteiger charge is -2.17. The first-order valence-corrected chi connectivity index (χ1v) is 8.29. The van der Waals surface area contributed by atoms with Crippen LogP contribution in [0.3, 0.4) is 0 Å². The smallest absolute Gasteiger partial charge is 0.328 e. The lowest BCUT2D eigenvalue weighted by atomic mass is 10.1. The highest BCUT2D eigenvalue weighted by atomic mass is 32.2. The molecule has 1 aliphatic rings. The van der Waals surface area contributed by atoms with Crippen LogP contribution >= 0.6 is 11.8 Å². The van der Waals surface area contributed by atoms with Crippen molar-refractivity contribution in [1.82, 2.24) is 0 Å². The van der Waals surface area contributed by atoms with Crippen molar-refractivity contribution in [2.45, 2.75) is 15.8 Å². The maximum atomic E-state index is 9.55. The molecular formula is C18H18N2O4S. The molecule has 0 amide bonds. The molecule has 2 aromatic rings. The largest absolute Gasteiger partial charge is 0.478 e. The number of para-hydroxylation sites is 1. The van der Waals surface area contributed by atoms with Gasteiger partial charge in [-0.2, -0.15) is 0 Å². The molecule has 1 heterocycles. The van der Waals surface area contributed by atoms with Crippen LogP contribution in [-0.2, 0) is 9.59 Å². The number of carboxylic acids is 2. The molecule has 0 radical (unpaired) electrons. The van der Waals surface area contributed by atoms with Gasteiger partial charge in [0.1, 0.15) is 0 Å². The summed E-state index contributed by atoms with van der Waals surface area (Å²) < 4.78 is 0. The van der Waals surface area contributed by atoms with Crippen molar-refractivity contribution >= 4 is 29.4 Å². The van der Waals surface area contributed by atoms with Gasteiger partial charge >= 0.3 is 11.9 Å². The molecule has 0 spiro atoms. The Balaban J connectivity index is 0.000000242. The Bertz CT molecular complexity index is 776. The zero-order valence-corrected chi connectivity index (χ0v) is 14.1. The van der Waals surface area contributed by atoms with E-state index in [4.69, 9.17) is 15.9 Å². The molecule has 1 atom stereocenters. The highest BCUT2D eigenvalue weighted by Crippen LogP contribution is 2.41. The molecule has 0 saturated heterocycles. The molecule has 0 aromatic heterocycles. The van der Waals surface area contributed by atoms with E-state index < -0.39 is 11.9 Å². The molecule has 1 unspecified atom stereocenters. The zero-order chi connectivity index (χ0) is 18.2. The number of hydrogen-bond donors (Lipinski definition) is 4. The minimum atomic E-state index is -1.26. The Morgan fingerprint density at radius 2 is 1.56 bits per heavy atom. The van der Waals surface area contributed by atoms with Gasteiger partial charge in [-0.05, 0) is 23.8 Å². The van der Waals surface area contributed by atoms with Gasteiger partial charge in [0, 0.05) is 34.2 Å². The van der Waals surface area contributed by atoms with Crippen molar-refractivity contribution in [3.05, 3.63) is 66.2 Å². The third kappa shape index (κ3) is 5.37. The fourth-order valence-electron chi connectivity index (χ4n) is 2.25. The molecule has 3 rings (SSSR count). The average molecular weight is 358 g/mol. The number of carboxylic acid groups (broad SMARTS) is 2. The summed E-state index contributed by atoms with van der Waals surface area (Å²) in [7, 11) is 0. The fraction of sp³-hybridized carbons (Fsp3) is 0.111. The van der Waals surface area contributed by atoms with E-state index in [2.05, 4.69) is 53.8 Å². The summed E-state index contributed by atoms with van der Waals surface area (Å²) in [5, 5.41) is 19.1. The highest BCUT2D eigenvalue weighted by Gasteiger charge is 2.19. The summed E-state index contributed by atoms with van der Waals surface area (Å²) in [6, 6.07) is 17.0. The molecule has 1 aliphatic heterocycles. The van der Waals surface area contributed by atoms with Crippen LogP contribution < -0.4 is 11.1 Å². The van der Waals surface area contributed by atoms with Crippen LogP contribution in [0.5, 0.6) is 0 Å². The van der Waals surface area contributed by atoms with Crippen LogP contribution in [0.25, 0.3) is 0 Å². The second kappa shape index (κ2) is 8.91. The van der Waals surface area contributed by atoms with Gasteiger partial charge in [-0.15, -0.1) is 0 Å². The van der Waals surface area contributed by atoms with Crippen molar-refractivity contribution in [2.24, 2.45) is 5.73 Å². The molecule has 130 valence electrons. The molecule has 0 fully saturated rings. The van der Waals surface area contributed by atoms with Crippen LogP contribution in [0, 0.1) is 0 Å². The highest BCUT2D eigenvalue weighted by molar-refractivity contribution is 7.99. The minimum absolute atomic E-state index is 0.197. The SMILES string of the molecule is NCC1Nc2ccccc2Sc2ccccc21.O=C(O)C=CC(=O)O. The Morgan fingerprint density at radius 3 is 2.16 bits per heavy atom. The summed E-state index contributed by atoms with van der Waals surface area (Å²) in [5.41, 5.74) is 8.33. The second-order valence-corrected chi connectivity index (χ2v) is 6.16. The number of anilines is 1. The fourth-order valence-corrected chi connectivity index (χ4v) is 3.34. The monoisotopic (exact) mass is 358 g/mol. The van der Waals surface area contributed by atoms with E-state index in [-0.39, 0.29) is 6.04 Å². The second-order valence-electron chi connectivity index (χ2n) is 5.08. The van der Waals surface area contributed by atoms with Crippen LogP contribution in [-0.4, -0.2) is 28.7 Å². The molecule has 7 heteroatoms. The van der Waals surface area contributed by atoms with E-state index in [1.807, 2.05) is 0 Å². The van der Waals surface area contributed by atoms with Crippen molar-refractivity contribution in [2.75, 3.05) is 11.9 Å².